The molecule has 1 saturated heterocycles. The number of ether oxygens (including phenoxy) is 1. The van der Waals surface area contributed by atoms with E-state index in [2.05, 4.69) is 0 Å². The van der Waals surface area contributed by atoms with Crippen LogP contribution >= 0.6 is 0 Å². The van der Waals surface area contributed by atoms with Gasteiger partial charge in [0, 0.05) is 19.1 Å². The summed E-state index contributed by atoms with van der Waals surface area (Å²) in [7, 11) is 0. The summed E-state index contributed by atoms with van der Waals surface area (Å²) < 4.78 is 4.98. The van der Waals surface area contributed by atoms with Gasteiger partial charge in [-0.25, -0.2) is 4.79 Å². The summed E-state index contributed by atoms with van der Waals surface area (Å²) in [5.74, 6) is -1.41. The molecule has 0 atom stereocenters. The van der Waals surface area contributed by atoms with Crippen molar-refractivity contribution < 1.29 is 24.2 Å². The summed E-state index contributed by atoms with van der Waals surface area (Å²) in [6.07, 6.45) is 1.12. The molecule has 0 unspecified atom stereocenters. The van der Waals surface area contributed by atoms with Crippen LogP contribution in [-0.2, 0) is 14.3 Å². The first-order valence-electron chi connectivity index (χ1n) is 7.30. The van der Waals surface area contributed by atoms with Crippen molar-refractivity contribution >= 4 is 18.0 Å². The van der Waals surface area contributed by atoms with E-state index in [1.54, 1.807) is 25.7 Å². The number of hydrogen-bond acceptors (Lipinski definition) is 4. The van der Waals surface area contributed by atoms with Crippen molar-refractivity contribution in [3.05, 3.63) is 0 Å². The number of carboxylic acids is 1. The molecule has 1 aliphatic rings. The van der Waals surface area contributed by atoms with Crippen LogP contribution in [0.1, 0.15) is 33.6 Å². The molecule has 0 aromatic rings. The largest absolute Gasteiger partial charge is 0.480 e. The molecule has 0 saturated carbocycles. The molecule has 7 nitrogen and oxygen atoms in total. The number of carboxylic acid groups (broad SMARTS) is 1. The molecule has 2 amide bonds. The molecule has 1 rings (SSSR count). The minimum atomic E-state index is -1.03. The fourth-order valence-corrected chi connectivity index (χ4v) is 2.37. The second-order valence-corrected chi connectivity index (χ2v) is 5.41. The zero-order chi connectivity index (χ0) is 16.0. The van der Waals surface area contributed by atoms with Crippen molar-refractivity contribution in [3.63, 3.8) is 0 Å². The fraction of sp³-hybridized carbons (Fsp3) is 0.786. The third-order valence-corrected chi connectivity index (χ3v) is 3.56. The first kappa shape index (κ1) is 17.3. The molecule has 1 N–H and O–H groups in total. The normalized spacial score (nSPS) is 15.9. The summed E-state index contributed by atoms with van der Waals surface area (Å²) >= 11 is 0. The average Bonchev–Trinajstić information content (AvgIpc) is 2.44. The molecule has 1 aliphatic heterocycles. The minimum Gasteiger partial charge on any atom is -0.480 e. The summed E-state index contributed by atoms with van der Waals surface area (Å²) in [5.41, 5.74) is 0. The Balaban J connectivity index is 2.57. The second kappa shape index (κ2) is 7.85. The molecule has 1 heterocycles. The van der Waals surface area contributed by atoms with Crippen LogP contribution in [0.15, 0.2) is 0 Å². The van der Waals surface area contributed by atoms with E-state index in [0.717, 1.165) is 0 Å². The summed E-state index contributed by atoms with van der Waals surface area (Å²) in [6, 6.07) is -0.467. The second-order valence-electron chi connectivity index (χ2n) is 5.41. The third-order valence-electron chi connectivity index (χ3n) is 3.56. The van der Waals surface area contributed by atoms with E-state index in [1.807, 2.05) is 0 Å². The maximum absolute atomic E-state index is 12.3. The summed E-state index contributed by atoms with van der Waals surface area (Å²) in [5, 5.41) is 8.88. The van der Waals surface area contributed by atoms with Crippen LogP contribution in [0, 0.1) is 5.92 Å². The molecule has 120 valence electrons. The molecule has 0 aromatic carbocycles. The van der Waals surface area contributed by atoms with E-state index >= 15 is 0 Å². The first-order valence-corrected chi connectivity index (χ1v) is 7.30. The molecule has 0 aliphatic carbocycles. The zero-order valence-corrected chi connectivity index (χ0v) is 12.9. The van der Waals surface area contributed by atoms with E-state index in [1.165, 1.54) is 4.90 Å². The molecular formula is C14H24N2O5. The monoisotopic (exact) mass is 300 g/mol. The van der Waals surface area contributed by atoms with Gasteiger partial charge in [-0.3, -0.25) is 9.59 Å². The van der Waals surface area contributed by atoms with Crippen molar-refractivity contribution in [1.29, 1.82) is 0 Å². The van der Waals surface area contributed by atoms with Gasteiger partial charge in [-0.05, 0) is 33.6 Å². The molecule has 21 heavy (non-hydrogen) atoms. The average molecular weight is 300 g/mol. The van der Waals surface area contributed by atoms with Gasteiger partial charge in [0.05, 0.1) is 12.5 Å². The highest BCUT2D eigenvalue weighted by Gasteiger charge is 2.31. The van der Waals surface area contributed by atoms with Crippen LogP contribution in [-0.4, -0.2) is 65.2 Å². The van der Waals surface area contributed by atoms with Gasteiger partial charge >= 0.3 is 18.0 Å². The van der Waals surface area contributed by atoms with Crippen LogP contribution in [0.25, 0.3) is 0 Å². The Kier molecular flexibility index (Phi) is 6.45. The van der Waals surface area contributed by atoms with E-state index in [-0.39, 0.29) is 30.5 Å². The smallest absolute Gasteiger partial charge is 0.323 e. The lowest BCUT2D eigenvalue weighted by Gasteiger charge is -2.36. The Labute approximate surface area is 124 Å². The molecule has 0 spiro atoms. The van der Waals surface area contributed by atoms with Crippen LogP contribution in [0.3, 0.4) is 0 Å². The van der Waals surface area contributed by atoms with E-state index in [0.29, 0.717) is 32.5 Å². The molecule has 7 heteroatoms. The Morgan fingerprint density at radius 2 is 1.86 bits per heavy atom. The van der Waals surface area contributed by atoms with E-state index in [9.17, 15) is 14.4 Å². The standard InChI is InChI=1S/C14H24N2O5/c1-4-21-13(19)11-5-7-15(8-6-11)14(20)16(10(2)3)9-12(17)18/h10-11H,4-9H2,1-3H3,(H,17,18). The maximum Gasteiger partial charge on any atom is 0.323 e. The highest BCUT2D eigenvalue weighted by Crippen LogP contribution is 2.20. The number of carbonyl (C=O) groups is 3. The number of hydrogen-bond donors (Lipinski definition) is 1. The fourth-order valence-electron chi connectivity index (χ4n) is 2.37. The molecule has 0 aromatic heterocycles. The quantitative estimate of drug-likeness (QED) is 0.770. The van der Waals surface area contributed by atoms with Crippen molar-refractivity contribution in [2.75, 3.05) is 26.2 Å². The van der Waals surface area contributed by atoms with Gasteiger partial charge in [0.2, 0.25) is 0 Å². The Hall–Kier alpha value is -1.79. The van der Waals surface area contributed by atoms with Crippen LogP contribution in [0.5, 0.6) is 0 Å². The molecule has 0 radical (unpaired) electrons. The van der Waals surface area contributed by atoms with Crippen molar-refractivity contribution in [3.8, 4) is 0 Å². The Bertz CT molecular complexity index is 389. The van der Waals surface area contributed by atoms with Gasteiger partial charge in [0.1, 0.15) is 6.54 Å². The van der Waals surface area contributed by atoms with Crippen molar-refractivity contribution in [2.45, 2.75) is 39.7 Å². The van der Waals surface area contributed by atoms with Crippen molar-refractivity contribution in [1.82, 2.24) is 9.80 Å². The number of amides is 2. The maximum atomic E-state index is 12.3. The van der Waals surface area contributed by atoms with Gasteiger partial charge < -0.3 is 19.6 Å². The molecule has 1 fully saturated rings. The predicted molar refractivity (Wildman–Crippen MR) is 75.8 cm³/mol. The lowest BCUT2D eigenvalue weighted by molar-refractivity contribution is -0.149. The van der Waals surface area contributed by atoms with Gasteiger partial charge in [-0.15, -0.1) is 0 Å². The van der Waals surface area contributed by atoms with E-state index in [4.69, 9.17) is 9.84 Å². The van der Waals surface area contributed by atoms with Gasteiger partial charge in [-0.2, -0.15) is 0 Å². The van der Waals surface area contributed by atoms with Gasteiger partial charge in [0.15, 0.2) is 0 Å². The highest BCUT2D eigenvalue weighted by atomic mass is 16.5. The number of urea groups is 1. The summed E-state index contributed by atoms with van der Waals surface area (Å²) in [4.78, 5) is 37.8. The van der Waals surface area contributed by atoms with Crippen molar-refractivity contribution in [2.24, 2.45) is 5.92 Å². The van der Waals surface area contributed by atoms with Gasteiger partial charge in [-0.1, -0.05) is 0 Å². The predicted octanol–water partition coefficient (Wildman–Crippen LogP) is 1.18. The Morgan fingerprint density at radius 3 is 2.29 bits per heavy atom. The minimum absolute atomic E-state index is 0.166. The lowest BCUT2D eigenvalue weighted by Crippen LogP contribution is -2.51. The zero-order valence-electron chi connectivity index (χ0n) is 12.9. The van der Waals surface area contributed by atoms with E-state index < -0.39 is 5.97 Å². The third kappa shape index (κ3) is 4.91. The number of likely N-dealkylation sites (tertiary alicyclic amines) is 1. The number of rotatable bonds is 5. The number of esters is 1. The van der Waals surface area contributed by atoms with Crippen LogP contribution in [0.4, 0.5) is 4.79 Å². The molecule has 0 bridgehead atoms. The summed E-state index contributed by atoms with van der Waals surface area (Å²) in [6.45, 7) is 6.28. The SMILES string of the molecule is CCOC(=O)C1CCN(C(=O)N(CC(=O)O)C(C)C)CC1. The number of piperidine rings is 1. The number of aliphatic carboxylic acids is 1. The first-order chi connectivity index (χ1) is 9.86. The number of carbonyl (C=O) groups excluding carboxylic acids is 2. The number of nitrogens with zero attached hydrogens (tertiary/aromatic N) is 2. The Morgan fingerprint density at radius 1 is 1.29 bits per heavy atom. The lowest BCUT2D eigenvalue weighted by atomic mass is 9.97. The van der Waals surface area contributed by atoms with Gasteiger partial charge in [0.25, 0.3) is 0 Å². The molecular weight excluding hydrogens is 276 g/mol. The highest BCUT2D eigenvalue weighted by molar-refractivity contribution is 5.81. The van der Waals surface area contributed by atoms with Crippen LogP contribution in [0.2, 0.25) is 0 Å². The van der Waals surface area contributed by atoms with Crippen LogP contribution < -0.4 is 0 Å². The topological polar surface area (TPSA) is 87.2 Å².